The Kier molecular flexibility index (Phi) is 6.99. The van der Waals surface area contributed by atoms with Crippen molar-refractivity contribution in [3.63, 3.8) is 0 Å². The maximum atomic E-state index is 6.09. The number of nitrogens with zero attached hydrogens (tertiary/aromatic N) is 1. The van der Waals surface area contributed by atoms with E-state index in [-0.39, 0.29) is 6.61 Å². The third-order valence-electron chi connectivity index (χ3n) is 3.69. The van der Waals surface area contributed by atoms with Gasteiger partial charge in [0.15, 0.2) is 0 Å². The van der Waals surface area contributed by atoms with Crippen molar-refractivity contribution >= 4 is 41.0 Å². The van der Waals surface area contributed by atoms with Gasteiger partial charge in [0.2, 0.25) is 0 Å². The smallest absolute Gasteiger partial charge is 0.143 e. The molecule has 0 fully saturated rings. The summed E-state index contributed by atoms with van der Waals surface area (Å²) in [5.41, 5.74) is 2.73. The van der Waals surface area contributed by atoms with Crippen molar-refractivity contribution in [2.75, 3.05) is 0 Å². The van der Waals surface area contributed by atoms with Crippen molar-refractivity contribution in [2.24, 2.45) is 5.16 Å². The Bertz CT molecular complexity index is 927. The van der Waals surface area contributed by atoms with Crippen LogP contribution in [0, 0.1) is 0 Å². The van der Waals surface area contributed by atoms with Crippen molar-refractivity contribution in [3.05, 3.63) is 98.5 Å². The van der Waals surface area contributed by atoms with Gasteiger partial charge in [0, 0.05) is 20.6 Å². The van der Waals surface area contributed by atoms with E-state index >= 15 is 0 Å². The van der Waals surface area contributed by atoms with Crippen LogP contribution in [0.5, 0.6) is 5.75 Å². The zero-order valence-electron chi connectivity index (χ0n) is 14.2. The van der Waals surface area contributed by atoms with E-state index in [4.69, 9.17) is 44.4 Å². The molecule has 3 rings (SSSR count). The number of hydrogen-bond acceptors (Lipinski definition) is 3. The SMILES string of the molecule is Clc1cccc(COc2ccc(/C=N\OCc3ccc(Cl)cc3Cl)cc2)c1. The summed E-state index contributed by atoms with van der Waals surface area (Å²) in [5, 5.41) is 5.80. The first-order valence-electron chi connectivity index (χ1n) is 8.17. The number of rotatable bonds is 7. The molecule has 0 spiro atoms. The summed E-state index contributed by atoms with van der Waals surface area (Å²) in [4.78, 5) is 5.29. The van der Waals surface area contributed by atoms with E-state index in [9.17, 15) is 0 Å². The van der Waals surface area contributed by atoms with E-state index in [1.54, 1.807) is 18.3 Å². The highest BCUT2D eigenvalue weighted by atomic mass is 35.5. The molecule has 0 bridgehead atoms. The number of halogens is 3. The molecule has 0 saturated heterocycles. The van der Waals surface area contributed by atoms with Crippen molar-refractivity contribution in [3.8, 4) is 5.75 Å². The maximum absolute atomic E-state index is 6.09. The van der Waals surface area contributed by atoms with Gasteiger partial charge in [-0.3, -0.25) is 0 Å². The van der Waals surface area contributed by atoms with Crippen LogP contribution in [0.15, 0.2) is 71.9 Å². The summed E-state index contributed by atoms with van der Waals surface area (Å²) in [6.07, 6.45) is 1.63. The summed E-state index contributed by atoms with van der Waals surface area (Å²) in [6, 6.07) is 20.4. The highest BCUT2D eigenvalue weighted by Gasteiger charge is 2.01. The Hall–Kier alpha value is -2.20. The standard InChI is InChI=1S/C21H16Cl3NO2/c22-18-3-1-2-16(10-18)13-26-20-8-4-15(5-9-20)12-25-27-14-17-6-7-19(23)11-21(17)24/h1-12H,13-14H2/b25-12-. The van der Waals surface area contributed by atoms with E-state index in [1.165, 1.54) is 0 Å². The molecule has 0 aliphatic carbocycles. The van der Waals surface area contributed by atoms with E-state index in [2.05, 4.69) is 5.16 Å². The molecule has 0 atom stereocenters. The Morgan fingerprint density at radius 1 is 0.815 bits per heavy atom. The molecule has 0 amide bonds. The van der Waals surface area contributed by atoms with Crippen LogP contribution in [-0.4, -0.2) is 6.21 Å². The molecular weight excluding hydrogens is 405 g/mol. The van der Waals surface area contributed by atoms with Crippen LogP contribution in [0.2, 0.25) is 15.1 Å². The maximum Gasteiger partial charge on any atom is 0.143 e. The fourth-order valence-corrected chi connectivity index (χ4v) is 2.96. The fourth-order valence-electron chi connectivity index (χ4n) is 2.29. The second-order valence-corrected chi connectivity index (χ2v) is 7.01. The summed E-state index contributed by atoms with van der Waals surface area (Å²) >= 11 is 17.9. The second-order valence-electron chi connectivity index (χ2n) is 5.73. The quantitative estimate of drug-likeness (QED) is 0.312. The van der Waals surface area contributed by atoms with Gasteiger partial charge in [-0.1, -0.05) is 58.2 Å². The van der Waals surface area contributed by atoms with Crippen LogP contribution in [0.25, 0.3) is 0 Å². The largest absolute Gasteiger partial charge is 0.489 e. The zero-order chi connectivity index (χ0) is 19.1. The van der Waals surface area contributed by atoms with Crippen LogP contribution in [0.3, 0.4) is 0 Å². The van der Waals surface area contributed by atoms with Crippen molar-refractivity contribution < 1.29 is 9.57 Å². The molecule has 0 saturated carbocycles. The fraction of sp³-hybridized carbons (Fsp3) is 0.0952. The minimum Gasteiger partial charge on any atom is -0.489 e. The summed E-state index contributed by atoms with van der Waals surface area (Å²) in [5.74, 6) is 0.765. The van der Waals surface area contributed by atoms with Crippen LogP contribution in [0.1, 0.15) is 16.7 Å². The number of oxime groups is 1. The average molecular weight is 421 g/mol. The minimum atomic E-state index is 0.271. The Balaban J connectivity index is 1.49. The third kappa shape index (κ3) is 6.17. The molecule has 3 nitrogen and oxygen atoms in total. The van der Waals surface area contributed by atoms with E-state index < -0.39 is 0 Å². The number of ether oxygens (including phenoxy) is 1. The molecule has 0 aliphatic rings. The molecule has 3 aromatic carbocycles. The summed E-state index contributed by atoms with van der Waals surface area (Å²) < 4.78 is 5.75. The van der Waals surface area contributed by atoms with Gasteiger partial charge in [-0.15, -0.1) is 0 Å². The Morgan fingerprint density at radius 3 is 2.33 bits per heavy atom. The lowest BCUT2D eigenvalue weighted by molar-refractivity contribution is 0.132. The molecule has 0 radical (unpaired) electrons. The van der Waals surface area contributed by atoms with Crippen LogP contribution >= 0.6 is 34.8 Å². The van der Waals surface area contributed by atoms with Gasteiger partial charge in [0.05, 0.1) is 6.21 Å². The van der Waals surface area contributed by atoms with Crippen LogP contribution in [0.4, 0.5) is 0 Å². The second kappa shape index (κ2) is 9.65. The van der Waals surface area contributed by atoms with Gasteiger partial charge in [0.25, 0.3) is 0 Å². The molecule has 0 N–H and O–H groups in total. The van der Waals surface area contributed by atoms with Gasteiger partial charge in [-0.05, 0) is 59.7 Å². The lowest BCUT2D eigenvalue weighted by Gasteiger charge is -2.07. The Morgan fingerprint density at radius 2 is 1.59 bits per heavy atom. The van der Waals surface area contributed by atoms with Gasteiger partial charge < -0.3 is 9.57 Å². The molecule has 27 heavy (non-hydrogen) atoms. The van der Waals surface area contributed by atoms with Gasteiger partial charge in [0.1, 0.15) is 19.0 Å². The summed E-state index contributed by atoms with van der Waals surface area (Å²) in [7, 11) is 0. The molecule has 3 aromatic rings. The van der Waals surface area contributed by atoms with Crippen molar-refractivity contribution in [2.45, 2.75) is 13.2 Å². The highest BCUT2D eigenvalue weighted by molar-refractivity contribution is 6.35. The van der Waals surface area contributed by atoms with Crippen LogP contribution in [-0.2, 0) is 18.1 Å². The lowest BCUT2D eigenvalue weighted by Crippen LogP contribution is -1.95. The summed E-state index contributed by atoms with van der Waals surface area (Å²) in [6.45, 7) is 0.728. The third-order valence-corrected chi connectivity index (χ3v) is 4.51. The molecule has 6 heteroatoms. The topological polar surface area (TPSA) is 30.8 Å². The normalized spacial score (nSPS) is 10.9. The van der Waals surface area contributed by atoms with E-state index in [0.29, 0.717) is 21.7 Å². The Labute approximate surface area is 173 Å². The molecule has 0 aromatic heterocycles. The zero-order valence-corrected chi connectivity index (χ0v) is 16.5. The van der Waals surface area contributed by atoms with E-state index in [1.807, 2.05) is 54.6 Å². The predicted octanol–water partition coefficient (Wildman–Crippen LogP) is 6.78. The minimum absolute atomic E-state index is 0.271. The molecule has 138 valence electrons. The van der Waals surface area contributed by atoms with E-state index in [0.717, 1.165) is 22.4 Å². The first kappa shape index (κ1) is 19.6. The number of benzene rings is 3. The van der Waals surface area contributed by atoms with Gasteiger partial charge in [-0.25, -0.2) is 0 Å². The van der Waals surface area contributed by atoms with Gasteiger partial charge in [-0.2, -0.15) is 0 Å². The first-order valence-corrected chi connectivity index (χ1v) is 9.30. The highest BCUT2D eigenvalue weighted by Crippen LogP contribution is 2.21. The number of hydrogen-bond donors (Lipinski definition) is 0. The average Bonchev–Trinajstić information content (AvgIpc) is 2.66. The van der Waals surface area contributed by atoms with Crippen molar-refractivity contribution in [1.82, 2.24) is 0 Å². The first-order chi connectivity index (χ1) is 13.1. The predicted molar refractivity (Wildman–Crippen MR) is 111 cm³/mol. The van der Waals surface area contributed by atoms with Crippen LogP contribution < -0.4 is 4.74 Å². The van der Waals surface area contributed by atoms with Crippen molar-refractivity contribution in [1.29, 1.82) is 0 Å². The molecule has 0 heterocycles. The molecule has 0 unspecified atom stereocenters. The lowest BCUT2D eigenvalue weighted by atomic mass is 10.2. The molecule has 0 aliphatic heterocycles. The monoisotopic (exact) mass is 419 g/mol. The molecular formula is C21H16Cl3NO2. The van der Waals surface area contributed by atoms with Gasteiger partial charge >= 0.3 is 0 Å².